The molecule has 4 heteroatoms. The molecule has 3 rings (SSSR count). The zero-order valence-electron chi connectivity index (χ0n) is 14.4. The minimum Gasteiger partial charge on any atom is -0.496 e. The molecule has 2 aliphatic rings. The van der Waals surface area contributed by atoms with E-state index in [4.69, 9.17) is 9.47 Å². The van der Waals surface area contributed by atoms with Crippen molar-refractivity contribution in [3.05, 3.63) is 28.3 Å². The van der Waals surface area contributed by atoms with Crippen LogP contribution in [0.2, 0.25) is 0 Å². The maximum atomic E-state index is 11.5. The number of hydrogen-bond donors (Lipinski definition) is 1. The van der Waals surface area contributed by atoms with Crippen LogP contribution in [-0.4, -0.2) is 26.2 Å². The zero-order valence-corrected chi connectivity index (χ0v) is 14.4. The van der Waals surface area contributed by atoms with E-state index in [9.17, 15) is 4.79 Å². The number of methoxy groups -OCH3 is 1. The second kappa shape index (κ2) is 5.91. The number of amides is 1. The van der Waals surface area contributed by atoms with Crippen molar-refractivity contribution >= 4 is 12.0 Å². The fourth-order valence-corrected chi connectivity index (χ4v) is 3.53. The minimum atomic E-state index is -0.112. The van der Waals surface area contributed by atoms with E-state index in [0.29, 0.717) is 19.6 Å². The number of allylic oxidation sites excluding steroid dienone is 1. The van der Waals surface area contributed by atoms with Gasteiger partial charge >= 0.3 is 0 Å². The molecule has 2 heterocycles. The molecule has 1 unspecified atom stereocenters. The summed E-state index contributed by atoms with van der Waals surface area (Å²) in [6.45, 7) is 7.74. The third-order valence-corrected chi connectivity index (χ3v) is 4.87. The quantitative estimate of drug-likeness (QED) is 0.931. The van der Waals surface area contributed by atoms with E-state index in [0.717, 1.165) is 35.5 Å². The minimum absolute atomic E-state index is 0.112. The summed E-state index contributed by atoms with van der Waals surface area (Å²) < 4.78 is 11.7. The van der Waals surface area contributed by atoms with Crippen molar-refractivity contribution in [1.82, 2.24) is 5.32 Å². The van der Waals surface area contributed by atoms with Crippen molar-refractivity contribution < 1.29 is 14.3 Å². The molecule has 1 aromatic carbocycles. The van der Waals surface area contributed by atoms with Crippen molar-refractivity contribution in [2.24, 2.45) is 0 Å². The average molecular weight is 315 g/mol. The number of benzene rings is 1. The molecule has 1 fully saturated rings. The number of piperidine rings is 1. The number of carbonyl (C=O) groups is 1. The molecule has 0 aliphatic carbocycles. The van der Waals surface area contributed by atoms with Gasteiger partial charge in [0.1, 0.15) is 11.5 Å². The monoisotopic (exact) mass is 315 g/mol. The first-order valence-corrected chi connectivity index (χ1v) is 8.23. The highest BCUT2D eigenvalue weighted by molar-refractivity contribution is 5.78. The molecule has 23 heavy (non-hydrogen) atoms. The third kappa shape index (κ3) is 2.82. The highest BCUT2D eigenvalue weighted by Crippen LogP contribution is 2.46. The van der Waals surface area contributed by atoms with Crippen LogP contribution in [0.4, 0.5) is 0 Å². The zero-order chi connectivity index (χ0) is 16.6. The molecule has 1 atom stereocenters. The number of ether oxygens (including phenoxy) is 2. The molecule has 0 radical (unpaired) electrons. The van der Waals surface area contributed by atoms with Gasteiger partial charge < -0.3 is 14.8 Å². The molecule has 0 spiro atoms. The third-order valence-electron chi connectivity index (χ3n) is 4.87. The summed E-state index contributed by atoms with van der Waals surface area (Å²) in [6, 6.07) is 2.11. The van der Waals surface area contributed by atoms with Crippen LogP contribution >= 0.6 is 0 Å². The Balaban J connectivity index is 2.14. The summed E-state index contributed by atoms with van der Waals surface area (Å²) in [6.07, 6.45) is 4.46. The lowest BCUT2D eigenvalue weighted by Crippen LogP contribution is -2.44. The van der Waals surface area contributed by atoms with Crippen LogP contribution in [0.3, 0.4) is 0 Å². The molecule has 1 saturated heterocycles. The predicted molar refractivity (Wildman–Crippen MR) is 91.1 cm³/mol. The highest BCUT2D eigenvalue weighted by Gasteiger charge is 2.37. The number of rotatable bonds is 3. The summed E-state index contributed by atoms with van der Waals surface area (Å²) >= 11 is 0. The van der Waals surface area contributed by atoms with Crippen LogP contribution in [0.5, 0.6) is 11.5 Å². The van der Waals surface area contributed by atoms with Gasteiger partial charge in [0.25, 0.3) is 0 Å². The van der Waals surface area contributed by atoms with E-state index >= 15 is 0 Å². The predicted octanol–water partition coefficient (Wildman–Crippen LogP) is 3.22. The molecular weight excluding hydrogens is 290 g/mol. The molecule has 2 aliphatic heterocycles. The van der Waals surface area contributed by atoms with Gasteiger partial charge in [-0.1, -0.05) is 18.6 Å². The van der Waals surface area contributed by atoms with E-state index in [2.05, 4.69) is 38.2 Å². The Bertz CT molecular complexity index is 662. The van der Waals surface area contributed by atoms with Gasteiger partial charge in [0.05, 0.1) is 13.7 Å². The summed E-state index contributed by atoms with van der Waals surface area (Å²) in [5.41, 5.74) is 4.65. The molecule has 1 amide bonds. The van der Waals surface area contributed by atoms with Gasteiger partial charge in [-0.15, -0.1) is 0 Å². The van der Waals surface area contributed by atoms with Gasteiger partial charge in [-0.3, -0.25) is 4.79 Å². The van der Waals surface area contributed by atoms with Gasteiger partial charge in [-0.2, -0.15) is 0 Å². The van der Waals surface area contributed by atoms with Crippen LogP contribution in [0.15, 0.2) is 11.6 Å². The maximum Gasteiger partial charge on any atom is 0.220 e. The fraction of sp³-hybridized carbons (Fsp3) is 0.526. The van der Waals surface area contributed by atoms with E-state index in [-0.39, 0.29) is 11.3 Å². The average Bonchev–Trinajstić information content (AvgIpc) is 2.99. The summed E-state index contributed by atoms with van der Waals surface area (Å²) in [7, 11) is 1.72. The van der Waals surface area contributed by atoms with Gasteiger partial charge in [-0.25, -0.2) is 0 Å². The first-order chi connectivity index (χ1) is 10.9. The molecule has 0 aromatic heterocycles. The smallest absolute Gasteiger partial charge is 0.220 e. The summed E-state index contributed by atoms with van der Waals surface area (Å²) in [4.78, 5) is 11.5. The fourth-order valence-electron chi connectivity index (χ4n) is 3.53. The topological polar surface area (TPSA) is 47.6 Å². The van der Waals surface area contributed by atoms with Gasteiger partial charge in [0.2, 0.25) is 5.91 Å². The lowest BCUT2D eigenvalue weighted by Gasteiger charge is -2.35. The molecule has 0 bridgehead atoms. The van der Waals surface area contributed by atoms with Crippen molar-refractivity contribution in [2.45, 2.75) is 45.4 Å². The largest absolute Gasteiger partial charge is 0.496 e. The van der Waals surface area contributed by atoms with Crippen molar-refractivity contribution in [2.75, 3.05) is 20.3 Å². The Hall–Kier alpha value is -1.97. The Morgan fingerprint density at radius 3 is 2.78 bits per heavy atom. The number of carbonyl (C=O) groups excluding carboxylic acids is 1. The number of fused-ring (bicyclic) bond motifs is 1. The van der Waals surface area contributed by atoms with E-state index in [1.807, 2.05) is 0 Å². The highest BCUT2D eigenvalue weighted by atomic mass is 16.5. The number of nitrogens with one attached hydrogen (secondary N) is 1. The Morgan fingerprint density at radius 1 is 1.39 bits per heavy atom. The van der Waals surface area contributed by atoms with Crippen molar-refractivity contribution in [3.8, 4) is 11.5 Å². The Morgan fingerprint density at radius 2 is 2.17 bits per heavy atom. The lowest BCUT2D eigenvalue weighted by molar-refractivity contribution is -0.123. The van der Waals surface area contributed by atoms with Crippen LogP contribution < -0.4 is 14.8 Å². The molecule has 0 saturated carbocycles. The van der Waals surface area contributed by atoms with Gasteiger partial charge in [0, 0.05) is 41.5 Å². The second-order valence-electron chi connectivity index (χ2n) is 7.01. The first-order valence-electron chi connectivity index (χ1n) is 8.23. The molecular formula is C19H25NO3. The normalized spacial score (nSPS) is 22.9. The Kier molecular flexibility index (Phi) is 4.09. The molecule has 1 aromatic rings. The standard InChI is InChI=1S/C19H25NO3/c1-12(2)9-14-13-6-8-23-18(13)15(10-16(14)22-4)19(3)7-5-17(21)20-11-19/h9-10H,5-8,11H2,1-4H3,(H,20,21). The lowest BCUT2D eigenvalue weighted by atomic mass is 9.74. The van der Waals surface area contributed by atoms with Crippen molar-refractivity contribution in [3.63, 3.8) is 0 Å². The van der Waals surface area contributed by atoms with E-state index in [1.54, 1.807) is 7.11 Å². The van der Waals surface area contributed by atoms with Crippen LogP contribution in [0.1, 0.15) is 50.3 Å². The first kappa shape index (κ1) is 15.9. The molecule has 4 nitrogen and oxygen atoms in total. The number of hydrogen-bond acceptors (Lipinski definition) is 3. The molecule has 124 valence electrons. The molecule has 1 N–H and O–H groups in total. The van der Waals surface area contributed by atoms with E-state index in [1.165, 1.54) is 11.1 Å². The van der Waals surface area contributed by atoms with E-state index < -0.39 is 0 Å². The van der Waals surface area contributed by atoms with Crippen LogP contribution in [-0.2, 0) is 16.6 Å². The Labute approximate surface area is 137 Å². The summed E-state index contributed by atoms with van der Waals surface area (Å²) in [5.74, 6) is 2.02. The summed E-state index contributed by atoms with van der Waals surface area (Å²) in [5, 5.41) is 3.00. The maximum absolute atomic E-state index is 11.5. The van der Waals surface area contributed by atoms with Crippen LogP contribution in [0, 0.1) is 0 Å². The second-order valence-corrected chi connectivity index (χ2v) is 7.01. The van der Waals surface area contributed by atoms with Crippen molar-refractivity contribution in [1.29, 1.82) is 0 Å². The SMILES string of the molecule is COc1cc(C2(C)CCC(=O)NC2)c2c(c1C=C(C)C)CCO2. The van der Waals surface area contributed by atoms with Crippen LogP contribution in [0.25, 0.3) is 6.08 Å². The van der Waals surface area contributed by atoms with Gasteiger partial charge in [-0.05, 0) is 26.3 Å². The van der Waals surface area contributed by atoms with Gasteiger partial charge in [0.15, 0.2) is 0 Å².